The Morgan fingerprint density at radius 1 is 1.11 bits per heavy atom. The number of rotatable bonds is 4. The summed E-state index contributed by atoms with van der Waals surface area (Å²) in [6, 6.07) is 14.1. The zero-order valence-corrected chi connectivity index (χ0v) is 9.90. The van der Waals surface area contributed by atoms with E-state index in [1.54, 1.807) is 6.21 Å². The smallest absolute Gasteiger partial charge is 0.211 e. The number of benzene rings is 1. The van der Waals surface area contributed by atoms with Crippen LogP contribution in [0.3, 0.4) is 0 Å². The third-order valence-corrected chi connectivity index (χ3v) is 2.42. The van der Waals surface area contributed by atoms with Crippen molar-refractivity contribution in [2.24, 2.45) is 21.7 Å². The molecule has 0 spiro atoms. The van der Waals surface area contributed by atoms with E-state index in [1.807, 2.05) is 36.5 Å². The molecule has 2 aromatic rings. The highest BCUT2D eigenvalue weighted by Crippen LogP contribution is 2.06. The van der Waals surface area contributed by atoms with Gasteiger partial charge in [0.25, 0.3) is 0 Å². The van der Waals surface area contributed by atoms with E-state index in [1.165, 1.54) is 5.56 Å². The van der Waals surface area contributed by atoms with E-state index in [2.05, 4.69) is 26.9 Å². The van der Waals surface area contributed by atoms with Gasteiger partial charge >= 0.3 is 0 Å². The topological polar surface area (TPSA) is 81.7 Å². The predicted molar refractivity (Wildman–Crippen MR) is 73.4 cm³/mol. The van der Waals surface area contributed by atoms with Crippen LogP contribution in [0.4, 0.5) is 0 Å². The molecule has 0 saturated carbocycles. The van der Waals surface area contributed by atoms with Crippen molar-refractivity contribution < 1.29 is 0 Å². The lowest BCUT2D eigenvalue weighted by atomic mass is 10.2. The third kappa shape index (κ3) is 3.21. The quantitative estimate of drug-likeness (QED) is 0.478. The van der Waals surface area contributed by atoms with Gasteiger partial charge in [-0.2, -0.15) is 5.10 Å². The van der Waals surface area contributed by atoms with Gasteiger partial charge in [-0.05, 0) is 17.7 Å². The van der Waals surface area contributed by atoms with Crippen LogP contribution in [0, 0.1) is 0 Å². The fourth-order valence-electron chi connectivity index (χ4n) is 1.62. The Morgan fingerprint density at radius 3 is 2.61 bits per heavy atom. The van der Waals surface area contributed by atoms with E-state index in [-0.39, 0.29) is 5.96 Å². The lowest BCUT2D eigenvalue weighted by Crippen LogP contribution is -2.21. The van der Waals surface area contributed by atoms with Crippen LogP contribution >= 0.6 is 0 Å². The highest BCUT2D eigenvalue weighted by atomic mass is 15.3. The van der Waals surface area contributed by atoms with Gasteiger partial charge in [0.15, 0.2) is 0 Å². The predicted octanol–water partition coefficient (Wildman–Crippen LogP) is 1.14. The number of guanidine groups is 1. The van der Waals surface area contributed by atoms with Crippen molar-refractivity contribution in [1.82, 2.24) is 4.57 Å². The first kappa shape index (κ1) is 11.9. The van der Waals surface area contributed by atoms with Gasteiger partial charge < -0.3 is 16.0 Å². The largest absolute Gasteiger partial charge is 0.369 e. The average molecular weight is 241 g/mol. The van der Waals surface area contributed by atoms with Gasteiger partial charge in [0, 0.05) is 12.7 Å². The Bertz CT molecular complexity index is 550. The lowest BCUT2D eigenvalue weighted by molar-refractivity contribution is 0.799. The normalized spacial score (nSPS) is 10.7. The third-order valence-electron chi connectivity index (χ3n) is 2.42. The van der Waals surface area contributed by atoms with Crippen LogP contribution in [-0.4, -0.2) is 16.7 Å². The number of hydrogen-bond acceptors (Lipinski definition) is 2. The van der Waals surface area contributed by atoms with Gasteiger partial charge in [0.1, 0.15) is 0 Å². The van der Waals surface area contributed by atoms with E-state index in [4.69, 9.17) is 11.5 Å². The molecule has 1 aromatic heterocycles. The maximum atomic E-state index is 5.20. The molecule has 0 aliphatic rings. The summed E-state index contributed by atoms with van der Waals surface area (Å²) in [5.74, 6) is -0.0487. The molecule has 0 saturated heterocycles. The van der Waals surface area contributed by atoms with Gasteiger partial charge in [0.05, 0.1) is 11.9 Å². The minimum Gasteiger partial charge on any atom is -0.369 e. The highest BCUT2D eigenvalue weighted by molar-refractivity contribution is 5.80. The zero-order valence-electron chi connectivity index (χ0n) is 9.90. The Balaban J connectivity index is 2.13. The SMILES string of the molecule is NC(N)=NN=Cc1cccn1Cc1ccccc1. The van der Waals surface area contributed by atoms with Crippen LogP contribution in [-0.2, 0) is 6.54 Å². The molecular weight excluding hydrogens is 226 g/mol. The monoisotopic (exact) mass is 241 g/mol. The Labute approximate surface area is 105 Å². The number of nitrogens with zero attached hydrogens (tertiary/aromatic N) is 3. The summed E-state index contributed by atoms with van der Waals surface area (Å²) in [5, 5.41) is 7.38. The average Bonchev–Trinajstić information content (AvgIpc) is 2.78. The van der Waals surface area contributed by atoms with Gasteiger partial charge in [-0.1, -0.05) is 30.3 Å². The number of nitrogens with two attached hydrogens (primary N) is 2. The summed E-state index contributed by atoms with van der Waals surface area (Å²) in [6.07, 6.45) is 3.62. The van der Waals surface area contributed by atoms with Crippen molar-refractivity contribution in [2.75, 3.05) is 0 Å². The molecule has 0 unspecified atom stereocenters. The second-order valence-corrected chi connectivity index (χ2v) is 3.82. The maximum absolute atomic E-state index is 5.20. The molecule has 2 rings (SSSR count). The first-order chi connectivity index (χ1) is 8.75. The summed E-state index contributed by atoms with van der Waals surface area (Å²) < 4.78 is 2.07. The van der Waals surface area contributed by atoms with Crippen LogP contribution in [0.25, 0.3) is 0 Å². The van der Waals surface area contributed by atoms with Crippen molar-refractivity contribution in [3.05, 3.63) is 59.9 Å². The van der Waals surface area contributed by atoms with E-state index < -0.39 is 0 Å². The first-order valence-corrected chi connectivity index (χ1v) is 5.57. The summed E-state index contributed by atoms with van der Waals surface area (Å²) in [6.45, 7) is 0.789. The van der Waals surface area contributed by atoms with Crippen LogP contribution in [0.2, 0.25) is 0 Å². The standard InChI is InChI=1S/C13H15N5/c14-13(15)17-16-9-12-7-4-8-18(12)10-11-5-2-1-3-6-11/h1-9H,10H2,(H4,14,15,17). The molecular formula is C13H15N5. The molecule has 0 bridgehead atoms. The van der Waals surface area contributed by atoms with E-state index in [0.29, 0.717) is 0 Å². The fraction of sp³-hybridized carbons (Fsp3) is 0.0769. The maximum Gasteiger partial charge on any atom is 0.211 e. The van der Waals surface area contributed by atoms with Gasteiger partial charge in [-0.25, -0.2) is 0 Å². The van der Waals surface area contributed by atoms with Crippen molar-refractivity contribution in [1.29, 1.82) is 0 Å². The second kappa shape index (κ2) is 5.67. The van der Waals surface area contributed by atoms with Crippen LogP contribution in [0.1, 0.15) is 11.3 Å². The molecule has 18 heavy (non-hydrogen) atoms. The summed E-state index contributed by atoms with van der Waals surface area (Å²) >= 11 is 0. The van der Waals surface area contributed by atoms with Crippen molar-refractivity contribution in [3.63, 3.8) is 0 Å². The first-order valence-electron chi connectivity index (χ1n) is 5.57. The molecule has 0 aliphatic carbocycles. The molecule has 1 heterocycles. The van der Waals surface area contributed by atoms with E-state index in [9.17, 15) is 0 Å². The van der Waals surface area contributed by atoms with Gasteiger partial charge in [-0.15, -0.1) is 5.10 Å². The van der Waals surface area contributed by atoms with Crippen molar-refractivity contribution >= 4 is 12.2 Å². The van der Waals surface area contributed by atoms with Gasteiger partial charge in [-0.3, -0.25) is 0 Å². The van der Waals surface area contributed by atoms with E-state index in [0.717, 1.165) is 12.2 Å². The summed E-state index contributed by atoms with van der Waals surface area (Å²) in [4.78, 5) is 0. The van der Waals surface area contributed by atoms with E-state index >= 15 is 0 Å². The molecule has 5 nitrogen and oxygen atoms in total. The highest BCUT2D eigenvalue weighted by Gasteiger charge is 1.98. The zero-order chi connectivity index (χ0) is 12.8. The Hall–Kier alpha value is -2.56. The summed E-state index contributed by atoms with van der Waals surface area (Å²) in [5.41, 5.74) is 12.6. The lowest BCUT2D eigenvalue weighted by Gasteiger charge is -2.05. The van der Waals surface area contributed by atoms with Crippen LogP contribution in [0.5, 0.6) is 0 Å². The Morgan fingerprint density at radius 2 is 1.89 bits per heavy atom. The molecule has 0 fully saturated rings. The summed E-state index contributed by atoms with van der Waals surface area (Å²) in [7, 11) is 0. The molecule has 0 radical (unpaired) electrons. The molecule has 0 atom stereocenters. The molecule has 0 amide bonds. The van der Waals surface area contributed by atoms with Crippen LogP contribution in [0.15, 0.2) is 58.9 Å². The second-order valence-electron chi connectivity index (χ2n) is 3.82. The number of aromatic nitrogens is 1. The minimum atomic E-state index is -0.0487. The van der Waals surface area contributed by atoms with Crippen molar-refractivity contribution in [2.45, 2.75) is 6.54 Å². The minimum absolute atomic E-state index is 0.0487. The fourth-order valence-corrected chi connectivity index (χ4v) is 1.62. The molecule has 5 heteroatoms. The Kier molecular flexibility index (Phi) is 3.76. The van der Waals surface area contributed by atoms with Crippen molar-refractivity contribution in [3.8, 4) is 0 Å². The molecule has 92 valence electrons. The molecule has 1 aromatic carbocycles. The van der Waals surface area contributed by atoms with Crippen LogP contribution < -0.4 is 11.5 Å². The molecule has 4 N–H and O–H groups in total. The van der Waals surface area contributed by atoms with Gasteiger partial charge in [0.2, 0.25) is 5.96 Å². The number of hydrogen-bond donors (Lipinski definition) is 2. The molecule has 0 aliphatic heterocycles.